The Kier molecular flexibility index (Phi) is 6.97. The topological polar surface area (TPSA) is 58.3 Å². The molecule has 2 N–H and O–H groups in total. The molecule has 0 spiro atoms. The van der Waals surface area contributed by atoms with E-state index in [1.165, 1.54) is 5.56 Å². The van der Waals surface area contributed by atoms with E-state index in [-0.39, 0.29) is 12.4 Å². The number of hydrogen-bond donors (Lipinski definition) is 1. The Morgan fingerprint density at radius 1 is 1.04 bits per heavy atom. The fraction of sp³-hybridized carbons (Fsp3) is 0.444. The minimum absolute atomic E-state index is 0. The molecule has 1 aromatic heterocycles. The third-order valence-electron chi connectivity index (χ3n) is 4.44. The first-order valence-corrected chi connectivity index (χ1v) is 8.27. The Morgan fingerprint density at radius 2 is 1.71 bits per heavy atom. The molecule has 5 nitrogen and oxygen atoms in total. The number of benzene rings is 1. The Bertz CT molecular complexity index is 627. The van der Waals surface area contributed by atoms with Crippen molar-refractivity contribution in [1.29, 1.82) is 0 Å². The van der Waals surface area contributed by atoms with Crippen molar-refractivity contribution in [1.82, 2.24) is 19.8 Å². The molecule has 6 heteroatoms. The van der Waals surface area contributed by atoms with Crippen molar-refractivity contribution in [2.45, 2.75) is 19.9 Å². The maximum absolute atomic E-state index is 5.99. The lowest BCUT2D eigenvalue weighted by molar-refractivity contribution is 0.128. The van der Waals surface area contributed by atoms with Gasteiger partial charge in [0.05, 0.1) is 0 Å². The largest absolute Gasteiger partial charge is 0.383 e. The van der Waals surface area contributed by atoms with Crippen LogP contribution in [0, 0.1) is 6.92 Å². The molecule has 0 radical (unpaired) electrons. The standard InChI is InChI=1S/C18H25N5.ClH/c1-15-20-13-17(18(19)21-15)14-23-11-9-22(10-12-23)8-7-16-5-3-2-4-6-16;/h2-6,13H,7-12,14H2,1H3,(H2,19,20,21);1H. The van der Waals surface area contributed by atoms with Crippen molar-refractivity contribution in [3.05, 3.63) is 53.5 Å². The van der Waals surface area contributed by atoms with E-state index in [9.17, 15) is 0 Å². The first-order valence-electron chi connectivity index (χ1n) is 8.27. The highest BCUT2D eigenvalue weighted by atomic mass is 35.5. The van der Waals surface area contributed by atoms with Crippen LogP contribution in [0.5, 0.6) is 0 Å². The van der Waals surface area contributed by atoms with E-state index in [0.29, 0.717) is 5.82 Å². The molecule has 1 saturated heterocycles. The van der Waals surface area contributed by atoms with E-state index in [2.05, 4.69) is 50.1 Å². The Morgan fingerprint density at radius 3 is 2.38 bits per heavy atom. The predicted molar refractivity (Wildman–Crippen MR) is 100 cm³/mol. The quantitative estimate of drug-likeness (QED) is 0.898. The normalized spacial score (nSPS) is 15.9. The second-order valence-electron chi connectivity index (χ2n) is 6.18. The zero-order chi connectivity index (χ0) is 16.1. The van der Waals surface area contributed by atoms with Crippen LogP contribution in [0.1, 0.15) is 17.0 Å². The third-order valence-corrected chi connectivity index (χ3v) is 4.44. The molecule has 0 atom stereocenters. The van der Waals surface area contributed by atoms with Crippen LogP contribution in [0.4, 0.5) is 5.82 Å². The number of nitrogens with zero attached hydrogens (tertiary/aromatic N) is 4. The number of nitrogens with two attached hydrogens (primary N) is 1. The Labute approximate surface area is 150 Å². The fourth-order valence-electron chi connectivity index (χ4n) is 2.98. The number of piperazine rings is 1. The molecule has 24 heavy (non-hydrogen) atoms. The van der Waals surface area contributed by atoms with Crippen LogP contribution in [0.15, 0.2) is 36.5 Å². The van der Waals surface area contributed by atoms with E-state index >= 15 is 0 Å². The number of nitrogen functional groups attached to an aromatic ring is 1. The lowest BCUT2D eigenvalue weighted by Crippen LogP contribution is -2.46. The van der Waals surface area contributed by atoms with Gasteiger partial charge in [-0.05, 0) is 18.9 Å². The molecule has 0 bridgehead atoms. The highest BCUT2D eigenvalue weighted by molar-refractivity contribution is 5.85. The lowest BCUT2D eigenvalue weighted by atomic mass is 10.1. The summed E-state index contributed by atoms with van der Waals surface area (Å²) in [6, 6.07) is 10.7. The molecule has 3 rings (SSSR count). The van der Waals surface area contributed by atoms with E-state index in [4.69, 9.17) is 5.73 Å². The number of aromatic nitrogens is 2. The summed E-state index contributed by atoms with van der Waals surface area (Å²) in [6.45, 7) is 8.21. The van der Waals surface area contributed by atoms with Gasteiger partial charge in [-0.15, -0.1) is 12.4 Å². The van der Waals surface area contributed by atoms with Crippen molar-refractivity contribution >= 4 is 18.2 Å². The summed E-state index contributed by atoms with van der Waals surface area (Å²) in [6.07, 6.45) is 2.99. The highest BCUT2D eigenvalue weighted by Gasteiger charge is 2.17. The second kappa shape index (κ2) is 8.97. The van der Waals surface area contributed by atoms with Gasteiger partial charge in [-0.25, -0.2) is 9.97 Å². The number of hydrogen-bond acceptors (Lipinski definition) is 5. The summed E-state index contributed by atoms with van der Waals surface area (Å²) in [5.41, 5.74) is 8.44. The zero-order valence-corrected chi connectivity index (χ0v) is 15.0. The van der Waals surface area contributed by atoms with Gasteiger partial charge in [-0.3, -0.25) is 4.90 Å². The molecule has 0 aliphatic carbocycles. The van der Waals surface area contributed by atoms with E-state index < -0.39 is 0 Å². The molecule has 1 aliphatic heterocycles. The molecular weight excluding hydrogens is 322 g/mol. The van der Waals surface area contributed by atoms with Crippen molar-refractivity contribution in [3.63, 3.8) is 0 Å². The Hall–Kier alpha value is -1.69. The van der Waals surface area contributed by atoms with Gasteiger partial charge in [-0.2, -0.15) is 0 Å². The average Bonchev–Trinajstić information content (AvgIpc) is 2.58. The summed E-state index contributed by atoms with van der Waals surface area (Å²) in [7, 11) is 0. The van der Waals surface area contributed by atoms with E-state index in [0.717, 1.165) is 57.1 Å². The van der Waals surface area contributed by atoms with Crippen LogP contribution in [0.3, 0.4) is 0 Å². The minimum Gasteiger partial charge on any atom is -0.383 e. The number of halogens is 1. The monoisotopic (exact) mass is 347 g/mol. The van der Waals surface area contributed by atoms with Gasteiger partial charge in [0.2, 0.25) is 0 Å². The van der Waals surface area contributed by atoms with Crippen LogP contribution in [0.25, 0.3) is 0 Å². The molecule has 0 unspecified atom stereocenters. The smallest absolute Gasteiger partial charge is 0.131 e. The van der Waals surface area contributed by atoms with Crippen LogP contribution in [-0.2, 0) is 13.0 Å². The van der Waals surface area contributed by atoms with Gasteiger partial charge in [0.15, 0.2) is 0 Å². The molecule has 2 heterocycles. The Balaban J connectivity index is 0.00000208. The van der Waals surface area contributed by atoms with Gasteiger partial charge in [-0.1, -0.05) is 30.3 Å². The van der Waals surface area contributed by atoms with Gasteiger partial charge >= 0.3 is 0 Å². The molecular formula is C18H26ClN5. The van der Waals surface area contributed by atoms with E-state index in [1.54, 1.807) is 0 Å². The van der Waals surface area contributed by atoms with Crippen molar-refractivity contribution < 1.29 is 0 Å². The van der Waals surface area contributed by atoms with Crippen molar-refractivity contribution in [2.24, 2.45) is 0 Å². The maximum Gasteiger partial charge on any atom is 0.131 e. The summed E-state index contributed by atoms with van der Waals surface area (Å²) in [5, 5.41) is 0. The first-order chi connectivity index (χ1) is 11.2. The SMILES string of the molecule is Cc1ncc(CN2CCN(CCc3ccccc3)CC2)c(N)n1.Cl. The highest BCUT2D eigenvalue weighted by Crippen LogP contribution is 2.13. The summed E-state index contributed by atoms with van der Waals surface area (Å²) in [4.78, 5) is 13.5. The van der Waals surface area contributed by atoms with Crippen LogP contribution < -0.4 is 5.73 Å². The average molecular weight is 348 g/mol. The van der Waals surface area contributed by atoms with Crippen molar-refractivity contribution in [3.8, 4) is 0 Å². The summed E-state index contributed by atoms with van der Waals surface area (Å²) < 4.78 is 0. The van der Waals surface area contributed by atoms with Gasteiger partial charge in [0, 0.05) is 51.0 Å². The number of aryl methyl sites for hydroxylation is 1. The number of rotatable bonds is 5. The first kappa shape index (κ1) is 18.6. The number of anilines is 1. The zero-order valence-electron chi connectivity index (χ0n) is 14.2. The van der Waals surface area contributed by atoms with Crippen LogP contribution >= 0.6 is 12.4 Å². The summed E-state index contributed by atoms with van der Waals surface area (Å²) in [5.74, 6) is 1.35. The van der Waals surface area contributed by atoms with Gasteiger partial charge < -0.3 is 10.6 Å². The van der Waals surface area contributed by atoms with Crippen LogP contribution in [-0.4, -0.2) is 52.5 Å². The lowest BCUT2D eigenvalue weighted by Gasteiger charge is -2.34. The molecule has 130 valence electrons. The van der Waals surface area contributed by atoms with Gasteiger partial charge in [0.25, 0.3) is 0 Å². The van der Waals surface area contributed by atoms with E-state index in [1.807, 2.05) is 13.1 Å². The third kappa shape index (κ3) is 5.16. The van der Waals surface area contributed by atoms with Crippen LogP contribution in [0.2, 0.25) is 0 Å². The second-order valence-corrected chi connectivity index (χ2v) is 6.18. The molecule has 0 saturated carbocycles. The van der Waals surface area contributed by atoms with Gasteiger partial charge in [0.1, 0.15) is 11.6 Å². The maximum atomic E-state index is 5.99. The van der Waals surface area contributed by atoms with Crippen molar-refractivity contribution in [2.75, 3.05) is 38.5 Å². The minimum atomic E-state index is 0. The summed E-state index contributed by atoms with van der Waals surface area (Å²) >= 11 is 0. The molecule has 1 aromatic carbocycles. The molecule has 1 fully saturated rings. The predicted octanol–water partition coefficient (Wildman–Crippen LogP) is 2.15. The molecule has 0 amide bonds. The molecule has 2 aromatic rings. The molecule has 1 aliphatic rings. The fourth-order valence-corrected chi connectivity index (χ4v) is 2.98.